The molecule has 1 aromatic heterocycles. The summed E-state index contributed by atoms with van der Waals surface area (Å²) in [6.07, 6.45) is 0. The van der Waals surface area contributed by atoms with E-state index in [4.69, 9.17) is 4.74 Å². The average molecular weight is 454 g/mol. The number of para-hydroxylation sites is 2. The van der Waals surface area contributed by atoms with E-state index in [0.29, 0.717) is 11.0 Å². The second-order valence-electron chi connectivity index (χ2n) is 7.40. The summed E-state index contributed by atoms with van der Waals surface area (Å²) in [4.78, 5) is 24.4. The molecule has 3 rings (SSSR count). The molecule has 0 saturated carbocycles. The van der Waals surface area contributed by atoms with Gasteiger partial charge in [0.1, 0.15) is 5.75 Å². The molecule has 8 nitrogen and oxygen atoms in total. The molecule has 0 fully saturated rings. The fraction of sp³-hybridized carbons (Fsp3) is 0.304. The molecule has 0 unspecified atom stereocenters. The Morgan fingerprint density at radius 3 is 2.38 bits per heavy atom. The van der Waals surface area contributed by atoms with Gasteiger partial charge in [-0.2, -0.15) is 0 Å². The predicted octanol–water partition coefficient (Wildman–Crippen LogP) is 3.17. The Bertz CT molecular complexity index is 1090. The molecule has 0 radical (unpaired) electrons. The maximum atomic E-state index is 12.2. The monoisotopic (exact) mass is 453 g/mol. The van der Waals surface area contributed by atoms with Crippen molar-refractivity contribution in [1.29, 1.82) is 0 Å². The summed E-state index contributed by atoms with van der Waals surface area (Å²) in [6, 6.07) is 13.5. The van der Waals surface area contributed by atoms with Gasteiger partial charge in [0.15, 0.2) is 17.6 Å². The predicted molar refractivity (Wildman–Crippen MR) is 125 cm³/mol. The van der Waals surface area contributed by atoms with Crippen LogP contribution in [0, 0.1) is 20.8 Å². The average Bonchev–Trinajstić information content (AvgIpc) is 3.11. The van der Waals surface area contributed by atoms with Crippen molar-refractivity contribution in [3.05, 3.63) is 65.0 Å². The number of amides is 2. The fourth-order valence-corrected chi connectivity index (χ4v) is 3.78. The van der Waals surface area contributed by atoms with Gasteiger partial charge < -0.3 is 19.9 Å². The van der Waals surface area contributed by atoms with Gasteiger partial charge in [0.2, 0.25) is 5.91 Å². The van der Waals surface area contributed by atoms with Gasteiger partial charge in [-0.3, -0.25) is 9.59 Å². The van der Waals surface area contributed by atoms with Crippen molar-refractivity contribution in [2.24, 2.45) is 7.05 Å². The first-order chi connectivity index (χ1) is 15.3. The first kappa shape index (κ1) is 23.3. The highest BCUT2D eigenvalue weighted by molar-refractivity contribution is 7.99. The zero-order valence-corrected chi connectivity index (χ0v) is 19.5. The van der Waals surface area contributed by atoms with Crippen molar-refractivity contribution in [1.82, 2.24) is 20.1 Å². The van der Waals surface area contributed by atoms with Crippen molar-refractivity contribution in [2.45, 2.75) is 32.5 Å². The van der Waals surface area contributed by atoms with E-state index in [0.717, 1.165) is 28.1 Å². The van der Waals surface area contributed by atoms with E-state index in [-0.39, 0.29) is 30.7 Å². The first-order valence-electron chi connectivity index (χ1n) is 10.2. The minimum atomic E-state index is -0.248. The molecular weight excluding hydrogens is 426 g/mol. The van der Waals surface area contributed by atoms with Crippen LogP contribution in [-0.2, 0) is 23.2 Å². The Balaban J connectivity index is 1.46. The molecule has 3 aromatic rings. The van der Waals surface area contributed by atoms with E-state index in [1.54, 1.807) is 11.6 Å². The normalized spacial score (nSPS) is 10.6. The van der Waals surface area contributed by atoms with Crippen LogP contribution in [0.5, 0.6) is 5.75 Å². The summed E-state index contributed by atoms with van der Waals surface area (Å²) in [5.41, 5.74) is 3.77. The largest absolute Gasteiger partial charge is 0.483 e. The van der Waals surface area contributed by atoms with Crippen LogP contribution in [-0.4, -0.2) is 38.9 Å². The first-order valence-corrected chi connectivity index (χ1v) is 11.2. The van der Waals surface area contributed by atoms with Crippen LogP contribution in [0.4, 0.5) is 5.69 Å². The van der Waals surface area contributed by atoms with E-state index < -0.39 is 0 Å². The highest BCUT2D eigenvalue weighted by atomic mass is 32.2. The molecule has 0 spiro atoms. The lowest BCUT2D eigenvalue weighted by atomic mass is 10.1. The third-order valence-electron chi connectivity index (χ3n) is 4.88. The molecule has 0 aliphatic carbocycles. The molecule has 9 heteroatoms. The number of hydrogen-bond donors (Lipinski definition) is 2. The number of carbonyl (C=O) groups excluding carboxylic acids is 2. The minimum absolute atomic E-state index is 0.0791. The van der Waals surface area contributed by atoms with Crippen LogP contribution >= 0.6 is 11.8 Å². The summed E-state index contributed by atoms with van der Waals surface area (Å²) in [7, 11) is 1.80. The summed E-state index contributed by atoms with van der Waals surface area (Å²) in [5.74, 6) is 1.15. The highest BCUT2D eigenvalue weighted by Crippen LogP contribution is 2.22. The number of rotatable bonds is 9. The molecule has 0 aliphatic heterocycles. The lowest BCUT2D eigenvalue weighted by Crippen LogP contribution is -2.29. The number of nitrogens with one attached hydrogen (secondary N) is 2. The Labute approximate surface area is 191 Å². The molecular formula is C23H27N5O3S. The summed E-state index contributed by atoms with van der Waals surface area (Å²) >= 11 is 1.29. The molecule has 2 aromatic carbocycles. The van der Waals surface area contributed by atoms with Crippen LogP contribution < -0.4 is 15.4 Å². The highest BCUT2D eigenvalue weighted by Gasteiger charge is 2.13. The summed E-state index contributed by atoms with van der Waals surface area (Å²) < 4.78 is 7.43. The van der Waals surface area contributed by atoms with Crippen LogP contribution in [0.3, 0.4) is 0 Å². The van der Waals surface area contributed by atoms with Crippen LogP contribution in [0.1, 0.15) is 22.5 Å². The minimum Gasteiger partial charge on any atom is -0.483 e. The second-order valence-corrected chi connectivity index (χ2v) is 8.34. The van der Waals surface area contributed by atoms with Gasteiger partial charge in [0.25, 0.3) is 5.91 Å². The number of thioether (sulfide) groups is 1. The van der Waals surface area contributed by atoms with E-state index in [9.17, 15) is 9.59 Å². The number of hydrogen-bond acceptors (Lipinski definition) is 6. The zero-order valence-electron chi connectivity index (χ0n) is 18.6. The standard InChI is InChI=1S/C23H27N5O3S/c1-15-8-5-6-11-18(15)25-21(30)14-32-23-27-26-19(28(23)4)12-24-20(29)13-31-22-16(2)9-7-10-17(22)3/h5-11H,12-14H2,1-4H3,(H,24,29)(H,25,30). The van der Waals surface area contributed by atoms with Crippen molar-refractivity contribution >= 4 is 29.3 Å². The molecule has 0 bridgehead atoms. The Morgan fingerprint density at radius 2 is 1.66 bits per heavy atom. The number of carbonyl (C=O) groups is 2. The molecule has 32 heavy (non-hydrogen) atoms. The van der Waals surface area contributed by atoms with E-state index >= 15 is 0 Å². The van der Waals surface area contributed by atoms with E-state index in [2.05, 4.69) is 20.8 Å². The quantitative estimate of drug-likeness (QED) is 0.483. The number of benzene rings is 2. The van der Waals surface area contributed by atoms with Gasteiger partial charge in [-0.1, -0.05) is 48.2 Å². The van der Waals surface area contributed by atoms with Gasteiger partial charge >= 0.3 is 0 Å². The number of aromatic nitrogens is 3. The van der Waals surface area contributed by atoms with Gasteiger partial charge in [-0.15, -0.1) is 10.2 Å². The van der Waals surface area contributed by atoms with Gasteiger partial charge in [-0.05, 0) is 43.5 Å². The summed E-state index contributed by atoms with van der Waals surface area (Å²) in [6.45, 7) is 5.97. The molecule has 168 valence electrons. The Kier molecular flexibility index (Phi) is 7.88. The van der Waals surface area contributed by atoms with Crippen molar-refractivity contribution < 1.29 is 14.3 Å². The van der Waals surface area contributed by atoms with Crippen LogP contribution in [0.15, 0.2) is 47.6 Å². The van der Waals surface area contributed by atoms with E-state index in [1.807, 2.05) is 63.2 Å². The topological polar surface area (TPSA) is 98.1 Å². The van der Waals surface area contributed by atoms with Crippen molar-refractivity contribution in [2.75, 3.05) is 17.7 Å². The Hall–Kier alpha value is -3.33. The zero-order chi connectivity index (χ0) is 23.1. The molecule has 2 N–H and O–H groups in total. The van der Waals surface area contributed by atoms with Crippen molar-refractivity contribution in [3.63, 3.8) is 0 Å². The molecule has 2 amide bonds. The lowest BCUT2D eigenvalue weighted by molar-refractivity contribution is -0.123. The number of anilines is 1. The summed E-state index contributed by atoms with van der Waals surface area (Å²) in [5, 5.41) is 14.5. The maximum absolute atomic E-state index is 12.2. The van der Waals surface area contributed by atoms with Gasteiger partial charge in [-0.25, -0.2) is 0 Å². The van der Waals surface area contributed by atoms with Gasteiger partial charge in [0.05, 0.1) is 12.3 Å². The lowest BCUT2D eigenvalue weighted by Gasteiger charge is -2.12. The molecule has 1 heterocycles. The third-order valence-corrected chi connectivity index (χ3v) is 5.90. The smallest absolute Gasteiger partial charge is 0.258 e. The van der Waals surface area contributed by atoms with Gasteiger partial charge in [0, 0.05) is 12.7 Å². The maximum Gasteiger partial charge on any atom is 0.258 e. The molecule has 0 saturated heterocycles. The third kappa shape index (κ3) is 6.10. The second kappa shape index (κ2) is 10.8. The number of aryl methyl sites for hydroxylation is 3. The Morgan fingerprint density at radius 1 is 0.969 bits per heavy atom. The van der Waals surface area contributed by atoms with E-state index in [1.165, 1.54) is 11.8 Å². The number of ether oxygens (including phenoxy) is 1. The molecule has 0 aliphatic rings. The fourth-order valence-electron chi connectivity index (χ4n) is 3.05. The SMILES string of the molecule is Cc1ccccc1NC(=O)CSc1nnc(CNC(=O)COc2c(C)cccc2C)n1C. The van der Waals surface area contributed by atoms with Crippen molar-refractivity contribution in [3.8, 4) is 5.75 Å². The number of nitrogens with zero attached hydrogens (tertiary/aromatic N) is 3. The van der Waals surface area contributed by atoms with Crippen LogP contribution in [0.2, 0.25) is 0 Å². The molecule has 0 atom stereocenters. The van der Waals surface area contributed by atoms with Crippen LogP contribution in [0.25, 0.3) is 0 Å².